The van der Waals surface area contributed by atoms with Crippen LogP contribution in [-0.4, -0.2) is 97.0 Å². The van der Waals surface area contributed by atoms with Crippen LogP contribution < -0.4 is 0 Å². The Kier molecular flexibility index (Phi) is 10.5. The van der Waals surface area contributed by atoms with Gasteiger partial charge in [0.15, 0.2) is 0 Å². The predicted octanol–water partition coefficient (Wildman–Crippen LogP) is 1.47. The van der Waals surface area contributed by atoms with E-state index in [-0.39, 0.29) is 31.3 Å². The minimum atomic E-state index is -3.81. The molecule has 0 bridgehead atoms. The molecule has 184 valence electrons. The molecule has 0 radical (unpaired) electrons. The van der Waals surface area contributed by atoms with Gasteiger partial charge in [0.1, 0.15) is 37.1 Å². The van der Waals surface area contributed by atoms with Crippen LogP contribution >= 0.6 is 8.17 Å². The Morgan fingerprint density at radius 3 is 2.19 bits per heavy atom. The Bertz CT molecular complexity index is 538. The van der Waals surface area contributed by atoms with Gasteiger partial charge in [-0.3, -0.25) is 0 Å². The molecule has 2 aliphatic heterocycles. The number of hydrogen-bond donors (Lipinski definition) is 3. The average molecular weight is 472 g/mol. The zero-order chi connectivity index (χ0) is 23.3. The minimum absolute atomic E-state index is 0.00433. The van der Waals surface area contributed by atoms with Gasteiger partial charge in [0, 0.05) is 5.92 Å². The Balaban J connectivity index is 2.05. The zero-order valence-electron chi connectivity index (χ0n) is 19.5. The quantitative estimate of drug-likeness (QED) is 0.382. The van der Waals surface area contributed by atoms with Crippen molar-refractivity contribution in [1.29, 1.82) is 0 Å². The third-order valence-corrected chi connectivity index (χ3v) is 6.84. The van der Waals surface area contributed by atoms with Gasteiger partial charge in [0.2, 0.25) is 0 Å². The third-order valence-electron chi connectivity index (χ3n) is 5.39. The molecule has 10 nitrogen and oxygen atoms in total. The fourth-order valence-electron chi connectivity index (χ4n) is 3.61. The molecule has 0 saturated carbocycles. The van der Waals surface area contributed by atoms with Gasteiger partial charge in [-0.2, -0.15) is 13.9 Å². The molecule has 31 heavy (non-hydrogen) atoms. The lowest BCUT2D eigenvalue weighted by Crippen LogP contribution is -2.51. The standard InChI is InChI=1S/C20H40O10P/c1-11(2)25-8-15-9-26-13(5)17(21)19(15)30-31(23,24-7)27-10-16-20(28-12(3)4)18(22)14(6)29-16/h11-23H,8-10H2,1-7H3/q+1/t13?,14-,15-,16+,17+,18?,19?,20?,31?/m0/s1. The van der Waals surface area contributed by atoms with Gasteiger partial charge in [0.25, 0.3) is 0 Å². The maximum atomic E-state index is 10.9. The van der Waals surface area contributed by atoms with Crippen LogP contribution in [0.3, 0.4) is 0 Å². The molecule has 0 aromatic carbocycles. The zero-order valence-corrected chi connectivity index (χ0v) is 20.4. The molecule has 2 fully saturated rings. The maximum absolute atomic E-state index is 10.9. The molecule has 9 atom stereocenters. The first-order valence-corrected chi connectivity index (χ1v) is 12.4. The molecular formula is C20H40O10P+. The molecule has 11 heteroatoms. The van der Waals surface area contributed by atoms with E-state index in [2.05, 4.69) is 0 Å². The SMILES string of the molecule is CO[P+](O)(OC[C@H]1O[C@@H](C)C(O)C1OC(C)C)OC1[C@@H](COC(C)C)COC(C)[C@H]1O. The summed E-state index contributed by atoms with van der Waals surface area (Å²) in [5.41, 5.74) is 0. The van der Waals surface area contributed by atoms with E-state index in [1.54, 1.807) is 13.8 Å². The fraction of sp³-hybridized carbons (Fsp3) is 1.00. The molecule has 2 rings (SSSR count). The molecule has 0 aromatic heterocycles. The number of rotatable bonds is 11. The van der Waals surface area contributed by atoms with Crippen molar-refractivity contribution >= 4 is 8.17 Å². The maximum Gasteiger partial charge on any atom is 0.572 e. The Hall–Kier alpha value is 0.0300. The summed E-state index contributed by atoms with van der Waals surface area (Å²) in [5.74, 6) is -0.319. The van der Waals surface area contributed by atoms with Gasteiger partial charge in [-0.15, -0.1) is 4.52 Å². The topological polar surface area (TPSA) is 125 Å². The molecule has 2 saturated heterocycles. The average Bonchev–Trinajstić information content (AvgIpc) is 2.96. The van der Waals surface area contributed by atoms with Crippen LogP contribution in [0.2, 0.25) is 0 Å². The van der Waals surface area contributed by atoms with Crippen molar-refractivity contribution in [2.24, 2.45) is 5.92 Å². The van der Waals surface area contributed by atoms with Crippen molar-refractivity contribution in [3.63, 3.8) is 0 Å². The van der Waals surface area contributed by atoms with Crippen molar-refractivity contribution in [2.75, 3.05) is 26.9 Å². The molecule has 0 amide bonds. The fourth-order valence-corrected chi connectivity index (χ4v) is 4.80. The molecule has 3 N–H and O–H groups in total. The van der Waals surface area contributed by atoms with Crippen LogP contribution in [0.4, 0.5) is 0 Å². The summed E-state index contributed by atoms with van der Waals surface area (Å²) < 4.78 is 39.5. The molecule has 2 heterocycles. The van der Waals surface area contributed by atoms with Gasteiger partial charge in [-0.25, -0.2) is 0 Å². The Labute approximate surface area is 185 Å². The first kappa shape index (κ1) is 27.3. The Morgan fingerprint density at radius 1 is 0.968 bits per heavy atom. The van der Waals surface area contributed by atoms with Gasteiger partial charge in [0.05, 0.1) is 44.7 Å². The lowest BCUT2D eigenvalue weighted by atomic mass is 9.93. The Morgan fingerprint density at radius 2 is 1.61 bits per heavy atom. The van der Waals surface area contributed by atoms with Gasteiger partial charge < -0.3 is 29.2 Å². The van der Waals surface area contributed by atoms with Crippen LogP contribution in [0.1, 0.15) is 41.5 Å². The van der Waals surface area contributed by atoms with Crippen LogP contribution in [0.25, 0.3) is 0 Å². The summed E-state index contributed by atoms with van der Waals surface area (Å²) in [5, 5.41) is 21.0. The highest BCUT2D eigenvalue weighted by Crippen LogP contribution is 2.60. The summed E-state index contributed by atoms with van der Waals surface area (Å²) in [6, 6.07) is 0. The lowest BCUT2D eigenvalue weighted by Gasteiger charge is -2.38. The van der Waals surface area contributed by atoms with Crippen molar-refractivity contribution in [2.45, 2.75) is 96.5 Å². The molecule has 0 spiro atoms. The van der Waals surface area contributed by atoms with Crippen LogP contribution in [-0.2, 0) is 32.5 Å². The molecule has 0 aromatic rings. The monoisotopic (exact) mass is 471 g/mol. The van der Waals surface area contributed by atoms with Gasteiger partial charge in [-0.1, -0.05) is 0 Å². The van der Waals surface area contributed by atoms with E-state index in [0.717, 1.165) is 0 Å². The van der Waals surface area contributed by atoms with E-state index in [1.807, 2.05) is 27.7 Å². The summed E-state index contributed by atoms with van der Waals surface area (Å²) >= 11 is 0. The lowest BCUT2D eigenvalue weighted by molar-refractivity contribution is -0.172. The van der Waals surface area contributed by atoms with Crippen LogP contribution in [0.15, 0.2) is 0 Å². The normalized spacial score (nSPS) is 38.7. The molecular weight excluding hydrogens is 431 g/mol. The number of aliphatic hydroxyl groups excluding tert-OH is 2. The first-order valence-electron chi connectivity index (χ1n) is 10.9. The van der Waals surface area contributed by atoms with E-state index in [1.165, 1.54) is 7.11 Å². The summed E-state index contributed by atoms with van der Waals surface area (Å²) in [7, 11) is -2.53. The van der Waals surface area contributed by atoms with E-state index >= 15 is 0 Å². The van der Waals surface area contributed by atoms with Crippen molar-refractivity contribution < 1.29 is 47.6 Å². The minimum Gasteiger partial charge on any atom is -0.388 e. The van der Waals surface area contributed by atoms with Crippen molar-refractivity contribution in [3.05, 3.63) is 0 Å². The molecule has 5 unspecified atom stereocenters. The largest absolute Gasteiger partial charge is 0.572 e. The summed E-state index contributed by atoms with van der Waals surface area (Å²) in [6.07, 6.45) is -4.90. The first-order chi connectivity index (χ1) is 14.5. The van der Waals surface area contributed by atoms with Crippen molar-refractivity contribution in [3.8, 4) is 0 Å². The van der Waals surface area contributed by atoms with E-state index < -0.39 is 50.9 Å². The van der Waals surface area contributed by atoms with E-state index in [4.69, 9.17) is 32.5 Å². The number of hydrogen-bond acceptors (Lipinski definition) is 10. The third kappa shape index (κ3) is 7.52. The summed E-state index contributed by atoms with van der Waals surface area (Å²) in [4.78, 5) is 10.9. The molecule has 2 aliphatic rings. The van der Waals surface area contributed by atoms with Crippen LogP contribution in [0, 0.1) is 5.92 Å². The number of aliphatic hydroxyl groups is 2. The van der Waals surface area contributed by atoms with Gasteiger partial charge in [-0.05, 0) is 41.5 Å². The van der Waals surface area contributed by atoms with Crippen molar-refractivity contribution in [1.82, 2.24) is 0 Å². The summed E-state index contributed by atoms with van der Waals surface area (Å²) in [6.45, 7) is 11.5. The highest BCUT2D eigenvalue weighted by molar-refractivity contribution is 7.55. The smallest absolute Gasteiger partial charge is 0.388 e. The second kappa shape index (κ2) is 11.9. The predicted molar refractivity (Wildman–Crippen MR) is 113 cm³/mol. The van der Waals surface area contributed by atoms with Gasteiger partial charge >= 0.3 is 8.17 Å². The highest BCUT2D eigenvalue weighted by Gasteiger charge is 2.54. The van der Waals surface area contributed by atoms with E-state index in [0.29, 0.717) is 6.61 Å². The second-order valence-electron chi connectivity index (χ2n) is 8.71. The van der Waals surface area contributed by atoms with E-state index in [9.17, 15) is 15.1 Å². The number of ether oxygens (including phenoxy) is 4. The second-order valence-corrected chi connectivity index (χ2v) is 10.5. The highest BCUT2D eigenvalue weighted by atomic mass is 31.2. The molecule has 0 aliphatic carbocycles. The van der Waals surface area contributed by atoms with Crippen LogP contribution in [0.5, 0.6) is 0 Å².